The second kappa shape index (κ2) is 10.2. The topological polar surface area (TPSA) is 153 Å². The number of benzene rings is 1. The maximum absolute atomic E-state index is 12.5. The van der Waals surface area contributed by atoms with E-state index in [1.165, 1.54) is 51.3 Å². The Morgan fingerprint density at radius 1 is 1.15 bits per heavy atom. The summed E-state index contributed by atoms with van der Waals surface area (Å²) in [5.41, 5.74) is -0.0302. The van der Waals surface area contributed by atoms with Gasteiger partial charge in [-0.15, -0.1) is 0 Å². The zero-order valence-electron chi connectivity index (χ0n) is 19.4. The zero-order chi connectivity index (χ0) is 25.0. The number of nitrogens with zero attached hydrogens (tertiary/aromatic N) is 5. The molecule has 3 rings (SSSR count). The molecule has 0 spiro atoms. The van der Waals surface area contributed by atoms with Gasteiger partial charge in [0.15, 0.2) is 22.7 Å². The highest BCUT2D eigenvalue weighted by atomic mass is 16.6. The van der Waals surface area contributed by atoms with E-state index in [0.29, 0.717) is 29.8 Å². The van der Waals surface area contributed by atoms with E-state index >= 15 is 0 Å². The number of rotatable bonds is 10. The smallest absolute Gasteiger partial charge is 0.332 e. The summed E-state index contributed by atoms with van der Waals surface area (Å²) in [6, 6.07) is 2.83. The minimum absolute atomic E-state index is 0.116. The van der Waals surface area contributed by atoms with Crippen molar-refractivity contribution >= 4 is 22.8 Å². The molecule has 2 aromatic heterocycles. The molecule has 13 heteroatoms. The fourth-order valence-corrected chi connectivity index (χ4v) is 3.68. The molecule has 0 radical (unpaired) electrons. The lowest BCUT2D eigenvalue weighted by Gasteiger charge is -2.11. The molecule has 0 fully saturated rings. The summed E-state index contributed by atoms with van der Waals surface area (Å²) in [5, 5.41) is 14.1. The number of nitro benzene ring substituents is 1. The van der Waals surface area contributed by atoms with E-state index in [1.54, 1.807) is 4.57 Å². The molecule has 34 heavy (non-hydrogen) atoms. The lowest BCUT2D eigenvalue weighted by Crippen LogP contribution is -2.37. The molecule has 2 heterocycles. The Kier molecular flexibility index (Phi) is 7.34. The van der Waals surface area contributed by atoms with Crippen LogP contribution in [0, 0.1) is 10.1 Å². The van der Waals surface area contributed by atoms with Crippen LogP contribution in [-0.2, 0) is 31.9 Å². The van der Waals surface area contributed by atoms with Crippen LogP contribution in [0.2, 0.25) is 0 Å². The van der Waals surface area contributed by atoms with Crippen molar-refractivity contribution in [2.75, 3.05) is 20.8 Å². The zero-order valence-corrected chi connectivity index (χ0v) is 19.4. The van der Waals surface area contributed by atoms with Gasteiger partial charge in [-0.2, -0.15) is 0 Å². The van der Waals surface area contributed by atoms with Crippen molar-refractivity contribution in [2.45, 2.75) is 25.8 Å². The lowest BCUT2D eigenvalue weighted by atomic mass is 10.1. The van der Waals surface area contributed by atoms with Gasteiger partial charge in [-0.3, -0.25) is 28.8 Å². The summed E-state index contributed by atoms with van der Waals surface area (Å²) in [6.07, 6.45) is 2.32. The Labute approximate surface area is 193 Å². The first kappa shape index (κ1) is 24.5. The van der Waals surface area contributed by atoms with Crippen LogP contribution in [0.3, 0.4) is 0 Å². The highest BCUT2D eigenvalue weighted by Crippen LogP contribution is 2.34. The number of carbonyl (C=O) groups excluding carboxylic acids is 1. The Bertz CT molecular complexity index is 1350. The number of fused-ring (bicyclic) bond motifs is 1. The monoisotopic (exact) mass is 474 g/mol. The van der Waals surface area contributed by atoms with Gasteiger partial charge in [0.25, 0.3) is 11.2 Å². The molecule has 1 aromatic carbocycles. The van der Waals surface area contributed by atoms with Gasteiger partial charge in [0.05, 0.1) is 31.5 Å². The Morgan fingerprint density at radius 2 is 1.82 bits per heavy atom. The third kappa shape index (κ3) is 4.77. The van der Waals surface area contributed by atoms with Gasteiger partial charge in [-0.1, -0.05) is 0 Å². The molecule has 182 valence electrons. The number of amides is 1. The van der Waals surface area contributed by atoms with Gasteiger partial charge in [0, 0.05) is 39.2 Å². The van der Waals surface area contributed by atoms with Gasteiger partial charge in [-0.05, 0) is 18.9 Å². The van der Waals surface area contributed by atoms with Crippen LogP contribution in [0.25, 0.3) is 11.2 Å². The van der Waals surface area contributed by atoms with Crippen LogP contribution >= 0.6 is 0 Å². The van der Waals surface area contributed by atoms with Crippen LogP contribution < -0.4 is 26.0 Å². The summed E-state index contributed by atoms with van der Waals surface area (Å²) in [5.74, 6) is 0.391. The molecular formula is C21H26N6O7. The standard InChI is InChI=1S/C21H26N6O7/c1-24-19-18(20(29)25(2)21(24)30)26(12-23-19)9-5-6-17(28)22-8-7-13-10-15(33-3)16(34-4)11-14(13)27(31)32/h10-12H,5-9H2,1-4H3,(H,22,28). The number of aryl methyl sites for hydroxylation is 2. The molecule has 13 nitrogen and oxygen atoms in total. The average Bonchev–Trinajstić information content (AvgIpc) is 3.24. The van der Waals surface area contributed by atoms with E-state index < -0.39 is 16.2 Å². The number of nitrogens with one attached hydrogen (secondary N) is 1. The minimum atomic E-state index is -0.505. The normalized spacial score (nSPS) is 10.9. The SMILES string of the molecule is COc1cc(CCNC(=O)CCCn2cnc3c2c(=O)n(C)c(=O)n3C)c([N+](=O)[O-])cc1OC. The minimum Gasteiger partial charge on any atom is -0.493 e. The maximum atomic E-state index is 12.5. The molecular weight excluding hydrogens is 448 g/mol. The second-order valence-corrected chi connectivity index (χ2v) is 7.61. The number of aromatic nitrogens is 4. The van der Waals surface area contributed by atoms with E-state index in [4.69, 9.17) is 9.47 Å². The average molecular weight is 474 g/mol. The molecule has 1 amide bonds. The number of ether oxygens (including phenoxy) is 2. The lowest BCUT2D eigenvalue weighted by molar-refractivity contribution is -0.385. The van der Waals surface area contributed by atoms with E-state index in [9.17, 15) is 24.5 Å². The van der Waals surface area contributed by atoms with Crippen molar-refractivity contribution in [1.29, 1.82) is 0 Å². The molecule has 0 saturated heterocycles. The Balaban J connectivity index is 1.59. The molecule has 1 N–H and O–H groups in total. The van der Waals surface area contributed by atoms with Gasteiger partial charge in [0.1, 0.15) is 0 Å². The first-order chi connectivity index (χ1) is 16.2. The number of hydrogen-bond donors (Lipinski definition) is 1. The molecule has 3 aromatic rings. The third-order valence-electron chi connectivity index (χ3n) is 5.52. The predicted octanol–water partition coefficient (Wildman–Crippen LogP) is 0.498. The largest absolute Gasteiger partial charge is 0.493 e. The van der Waals surface area contributed by atoms with Gasteiger partial charge in [0.2, 0.25) is 5.91 Å². The van der Waals surface area contributed by atoms with Crippen LogP contribution in [0.1, 0.15) is 18.4 Å². The van der Waals surface area contributed by atoms with Crippen LogP contribution in [0.15, 0.2) is 28.0 Å². The molecule has 0 unspecified atom stereocenters. The highest BCUT2D eigenvalue weighted by Gasteiger charge is 2.19. The molecule has 0 saturated carbocycles. The van der Waals surface area contributed by atoms with Crippen molar-refractivity contribution in [1.82, 2.24) is 24.0 Å². The van der Waals surface area contributed by atoms with E-state index in [0.717, 1.165) is 4.57 Å². The van der Waals surface area contributed by atoms with E-state index in [1.807, 2.05) is 0 Å². The summed E-state index contributed by atoms with van der Waals surface area (Å²) < 4.78 is 14.2. The molecule has 0 aliphatic heterocycles. The predicted molar refractivity (Wildman–Crippen MR) is 122 cm³/mol. The number of methoxy groups -OCH3 is 2. The summed E-state index contributed by atoms with van der Waals surface area (Å²) in [7, 11) is 5.77. The van der Waals surface area contributed by atoms with Crippen LogP contribution in [0.4, 0.5) is 5.69 Å². The Morgan fingerprint density at radius 3 is 2.47 bits per heavy atom. The van der Waals surface area contributed by atoms with E-state index in [2.05, 4.69) is 10.3 Å². The van der Waals surface area contributed by atoms with Crippen molar-refractivity contribution in [3.63, 3.8) is 0 Å². The highest BCUT2D eigenvalue weighted by molar-refractivity contribution is 5.76. The third-order valence-corrected chi connectivity index (χ3v) is 5.52. The number of imidazole rings is 1. The first-order valence-electron chi connectivity index (χ1n) is 10.5. The molecule has 0 aliphatic rings. The van der Waals surface area contributed by atoms with Crippen molar-refractivity contribution in [3.8, 4) is 11.5 Å². The molecule has 0 aliphatic carbocycles. The molecule has 0 atom stereocenters. The fraction of sp³-hybridized carbons (Fsp3) is 0.429. The second-order valence-electron chi connectivity index (χ2n) is 7.61. The van der Waals surface area contributed by atoms with E-state index in [-0.39, 0.29) is 42.4 Å². The first-order valence-corrected chi connectivity index (χ1v) is 10.5. The van der Waals surface area contributed by atoms with Crippen LogP contribution in [-0.4, -0.2) is 50.3 Å². The maximum Gasteiger partial charge on any atom is 0.332 e. The van der Waals surface area contributed by atoms with Crippen molar-refractivity contribution in [2.24, 2.45) is 14.1 Å². The quantitative estimate of drug-likeness (QED) is 0.329. The van der Waals surface area contributed by atoms with Gasteiger partial charge < -0.3 is 19.4 Å². The summed E-state index contributed by atoms with van der Waals surface area (Å²) in [6.45, 7) is 0.560. The Hall–Kier alpha value is -4.16. The number of hydrogen-bond acceptors (Lipinski definition) is 8. The number of carbonyl (C=O) groups is 1. The summed E-state index contributed by atoms with van der Waals surface area (Å²) in [4.78, 5) is 51.8. The van der Waals surface area contributed by atoms with Gasteiger partial charge in [-0.25, -0.2) is 9.78 Å². The fourth-order valence-electron chi connectivity index (χ4n) is 3.68. The van der Waals surface area contributed by atoms with Crippen molar-refractivity contribution in [3.05, 3.63) is 55.0 Å². The van der Waals surface area contributed by atoms with Crippen molar-refractivity contribution < 1.29 is 19.2 Å². The van der Waals surface area contributed by atoms with Gasteiger partial charge >= 0.3 is 5.69 Å². The summed E-state index contributed by atoms with van der Waals surface area (Å²) >= 11 is 0. The number of nitro groups is 1. The van der Waals surface area contributed by atoms with Crippen LogP contribution in [0.5, 0.6) is 11.5 Å². The molecule has 0 bridgehead atoms.